The van der Waals surface area contributed by atoms with Crippen LogP contribution in [0.1, 0.15) is 25.6 Å². The minimum absolute atomic E-state index is 0.280. The molecule has 7 nitrogen and oxygen atoms in total. The Hall–Kier alpha value is -2.97. The van der Waals surface area contributed by atoms with Crippen LogP contribution in [0.4, 0.5) is 10.9 Å². The van der Waals surface area contributed by atoms with Crippen molar-refractivity contribution >= 4 is 45.7 Å². The van der Waals surface area contributed by atoms with Crippen molar-refractivity contribution in [2.75, 3.05) is 10.7 Å². The first-order valence-corrected chi connectivity index (χ1v) is 8.73. The lowest BCUT2D eigenvalue weighted by Gasteiger charge is -2.05. The zero-order valence-electron chi connectivity index (χ0n) is 13.6. The average Bonchev–Trinajstić information content (AvgIpc) is 3.01. The molecule has 0 atom stereocenters. The third kappa shape index (κ3) is 4.16. The number of hydrogen-bond donors (Lipinski definition) is 3. The molecule has 132 valence electrons. The van der Waals surface area contributed by atoms with Gasteiger partial charge in [0.05, 0.1) is 20.5 Å². The Balaban J connectivity index is 1.67. The fourth-order valence-corrected chi connectivity index (χ4v) is 3.31. The summed E-state index contributed by atoms with van der Waals surface area (Å²) in [5.74, 6) is -0.403. The molecule has 2 heterocycles. The highest BCUT2D eigenvalue weighted by atomic mass is 35.5. The number of rotatable bonds is 5. The summed E-state index contributed by atoms with van der Waals surface area (Å²) in [7, 11) is 0. The number of hydrogen-bond acceptors (Lipinski definition) is 6. The van der Waals surface area contributed by atoms with E-state index in [0.29, 0.717) is 20.5 Å². The Morgan fingerprint density at radius 3 is 2.54 bits per heavy atom. The lowest BCUT2D eigenvalue weighted by atomic mass is 10.2. The number of anilines is 2. The van der Waals surface area contributed by atoms with Crippen LogP contribution in [0.15, 0.2) is 48.8 Å². The topological polar surface area (TPSA) is 96.0 Å². The second-order valence-electron chi connectivity index (χ2n) is 5.21. The normalized spacial score (nSPS) is 10.2. The second kappa shape index (κ2) is 7.94. The second-order valence-corrected chi connectivity index (χ2v) is 6.67. The van der Waals surface area contributed by atoms with Crippen molar-refractivity contribution in [3.05, 3.63) is 69.8 Å². The molecule has 0 unspecified atom stereocenters. The van der Waals surface area contributed by atoms with Gasteiger partial charge in [-0.05, 0) is 36.8 Å². The summed E-state index contributed by atoms with van der Waals surface area (Å²) >= 11 is 7.19. The molecule has 0 aliphatic carbocycles. The minimum atomic E-state index is -0.349. The van der Waals surface area contributed by atoms with Gasteiger partial charge in [0.25, 0.3) is 11.8 Å². The zero-order chi connectivity index (χ0) is 18.5. The molecule has 0 bridgehead atoms. The van der Waals surface area contributed by atoms with Gasteiger partial charge >= 0.3 is 0 Å². The van der Waals surface area contributed by atoms with Crippen LogP contribution in [0, 0.1) is 6.92 Å². The molecule has 1 aromatic carbocycles. The lowest BCUT2D eigenvalue weighted by Crippen LogP contribution is -2.30. The molecule has 2 aromatic heterocycles. The molecule has 26 heavy (non-hydrogen) atoms. The molecule has 0 saturated heterocycles. The van der Waals surface area contributed by atoms with Crippen molar-refractivity contribution in [3.8, 4) is 0 Å². The van der Waals surface area contributed by atoms with Gasteiger partial charge in [-0.3, -0.25) is 20.4 Å². The quantitative estimate of drug-likeness (QED) is 0.582. The molecular weight excluding hydrogens is 374 g/mol. The molecule has 3 aromatic rings. The van der Waals surface area contributed by atoms with Crippen molar-refractivity contribution in [2.45, 2.75) is 6.92 Å². The number of nitrogens with zero attached hydrogens (tertiary/aromatic N) is 2. The predicted molar refractivity (Wildman–Crippen MR) is 102 cm³/mol. The largest absolute Gasteiger partial charge is 0.313 e. The van der Waals surface area contributed by atoms with Crippen LogP contribution in [-0.4, -0.2) is 21.8 Å². The van der Waals surface area contributed by atoms with Crippen molar-refractivity contribution in [2.24, 2.45) is 0 Å². The van der Waals surface area contributed by atoms with Crippen LogP contribution in [0.3, 0.4) is 0 Å². The van der Waals surface area contributed by atoms with E-state index in [4.69, 9.17) is 11.6 Å². The maximum Gasteiger partial charge on any atom is 0.280 e. The fraction of sp³-hybridized carbons (Fsp3) is 0.0588. The van der Waals surface area contributed by atoms with Gasteiger partial charge < -0.3 is 5.32 Å². The summed E-state index contributed by atoms with van der Waals surface area (Å²) < 4.78 is 0. The van der Waals surface area contributed by atoms with Crippen molar-refractivity contribution < 1.29 is 9.59 Å². The summed E-state index contributed by atoms with van der Waals surface area (Å²) in [5.41, 5.74) is 6.26. The van der Waals surface area contributed by atoms with Crippen LogP contribution in [0.2, 0.25) is 5.02 Å². The minimum Gasteiger partial charge on any atom is -0.313 e. The zero-order valence-corrected chi connectivity index (χ0v) is 15.2. The average molecular weight is 388 g/mol. The first kappa shape index (κ1) is 17.8. The number of aryl methyl sites for hydroxylation is 1. The Labute approximate surface area is 158 Å². The van der Waals surface area contributed by atoms with Gasteiger partial charge in [0.1, 0.15) is 0 Å². The van der Waals surface area contributed by atoms with Crippen LogP contribution in [0.25, 0.3) is 0 Å². The molecule has 0 aliphatic rings. The van der Waals surface area contributed by atoms with Gasteiger partial charge in [-0.2, -0.15) is 0 Å². The number of nitrogens with one attached hydrogen (secondary N) is 3. The summed E-state index contributed by atoms with van der Waals surface area (Å²) in [4.78, 5) is 33.0. The number of aromatic nitrogens is 2. The molecule has 0 aliphatic heterocycles. The number of amides is 2. The van der Waals surface area contributed by atoms with Crippen LogP contribution < -0.4 is 16.2 Å². The fourth-order valence-electron chi connectivity index (χ4n) is 2.13. The van der Waals surface area contributed by atoms with E-state index < -0.39 is 0 Å². The first-order valence-electron chi connectivity index (χ1n) is 7.54. The van der Waals surface area contributed by atoms with E-state index in [-0.39, 0.29) is 17.8 Å². The number of carbonyl (C=O) groups is 2. The molecule has 2 amide bonds. The number of halogens is 1. The van der Waals surface area contributed by atoms with Gasteiger partial charge in [-0.15, -0.1) is 11.3 Å². The van der Waals surface area contributed by atoms with E-state index in [0.717, 1.165) is 16.9 Å². The molecule has 0 spiro atoms. The number of thiophene rings is 1. The highest BCUT2D eigenvalue weighted by Crippen LogP contribution is 2.27. The van der Waals surface area contributed by atoms with Gasteiger partial charge in [0, 0.05) is 12.4 Å². The van der Waals surface area contributed by atoms with E-state index in [1.54, 1.807) is 55.7 Å². The summed E-state index contributed by atoms with van der Waals surface area (Å²) in [6, 6.07) is 10.2. The Kier molecular flexibility index (Phi) is 5.45. The van der Waals surface area contributed by atoms with E-state index >= 15 is 0 Å². The highest BCUT2D eigenvalue weighted by molar-refractivity contribution is 7.18. The molecular formula is C17H14ClN5O2S. The van der Waals surface area contributed by atoms with Crippen molar-refractivity contribution in [1.82, 2.24) is 15.4 Å². The van der Waals surface area contributed by atoms with Gasteiger partial charge in [-0.25, -0.2) is 9.97 Å². The molecule has 3 N–H and O–H groups in total. The van der Waals surface area contributed by atoms with Crippen LogP contribution in [-0.2, 0) is 0 Å². The van der Waals surface area contributed by atoms with Gasteiger partial charge in [-0.1, -0.05) is 23.7 Å². The molecule has 0 radical (unpaired) electrons. The van der Waals surface area contributed by atoms with E-state index in [1.807, 2.05) is 0 Å². The van der Waals surface area contributed by atoms with Gasteiger partial charge in [0.15, 0.2) is 0 Å². The molecule has 0 fully saturated rings. The third-order valence-electron chi connectivity index (χ3n) is 3.33. The van der Waals surface area contributed by atoms with Gasteiger partial charge in [0.2, 0.25) is 5.95 Å². The monoisotopic (exact) mass is 387 g/mol. The van der Waals surface area contributed by atoms with E-state index in [1.165, 1.54) is 0 Å². The van der Waals surface area contributed by atoms with Crippen molar-refractivity contribution in [1.29, 1.82) is 0 Å². The SMILES string of the molecule is Cc1cc(NC(=O)c2ccccc2Cl)sc1C(=O)NNc1ncccn1. The number of hydrazine groups is 1. The maximum absolute atomic E-state index is 12.3. The number of carbonyl (C=O) groups excluding carboxylic acids is 2. The Morgan fingerprint density at radius 1 is 1.08 bits per heavy atom. The first-order chi connectivity index (χ1) is 12.5. The molecule has 3 rings (SSSR count). The summed E-state index contributed by atoms with van der Waals surface area (Å²) in [6.07, 6.45) is 3.11. The van der Waals surface area contributed by atoms with E-state index in [2.05, 4.69) is 26.1 Å². The lowest BCUT2D eigenvalue weighted by molar-refractivity contribution is 0.0964. The van der Waals surface area contributed by atoms with Crippen LogP contribution >= 0.6 is 22.9 Å². The summed E-state index contributed by atoms with van der Waals surface area (Å²) in [5, 5.41) is 3.67. The van der Waals surface area contributed by atoms with Crippen LogP contribution in [0.5, 0.6) is 0 Å². The number of benzene rings is 1. The Bertz CT molecular complexity index is 945. The smallest absolute Gasteiger partial charge is 0.280 e. The van der Waals surface area contributed by atoms with E-state index in [9.17, 15) is 9.59 Å². The standard InChI is InChI=1S/C17H14ClN5O2S/c1-10-9-13(21-15(24)11-5-2-3-6-12(11)18)26-14(10)16(25)22-23-17-19-7-4-8-20-17/h2-9H,1H3,(H,21,24)(H,22,25)(H,19,20,23). The maximum atomic E-state index is 12.3. The predicted octanol–water partition coefficient (Wildman–Crippen LogP) is 3.51. The molecule has 9 heteroatoms. The molecule has 0 saturated carbocycles. The summed E-state index contributed by atoms with van der Waals surface area (Å²) in [6.45, 7) is 1.79. The highest BCUT2D eigenvalue weighted by Gasteiger charge is 2.16. The van der Waals surface area contributed by atoms with Crippen molar-refractivity contribution in [3.63, 3.8) is 0 Å². The Morgan fingerprint density at radius 2 is 1.81 bits per heavy atom. The third-order valence-corrected chi connectivity index (χ3v) is 4.81.